The Morgan fingerprint density at radius 1 is 0.846 bits per heavy atom. The van der Waals surface area contributed by atoms with Crippen molar-refractivity contribution in [2.24, 2.45) is 5.92 Å². The molecule has 2 saturated carbocycles. The smallest absolute Gasteiger partial charge is 0.306 e. The second kappa shape index (κ2) is 6.01. The van der Waals surface area contributed by atoms with Gasteiger partial charge in [0.1, 0.15) is 0 Å². The van der Waals surface area contributed by atoms with Crippen molar-refractivity contribution in [3.8, 4) is 0 Å². The van der Waals surface area contributed by atoms with Crippen LogP contribution in [0.15, 0.2) is 0 Å². The van der Waals surface area contributed by atoms with Crippen LogP contribution in [0.25, 0.3) is 0 Å². The van der Waals surface area contributed by atoms with Gasteiger partial charge in [0.05, 0.1) is 5.92 Å². The Balaban J connectivity index is 0.000000145. The first-order valence-corrected chi connectivity index (χ1v) is 5.53. The van der Waals surface area contributed by atoms with Gasteiger partial charge < -0.3 is 5.11 Å². The molecule has 0 aromatic rings. The quantitative estimate of drug-likeness (QED) is 0.679. The number of rotatable bonds is 1. The highest BCUT2D eigenvalue weighted by molar-refractivity contribution is 5.70. The van der Waals surface area contributed by atoms with Crippen LogP contribution in [0, 0.1) is 5.92 Å². The van der Waals surface area contributed by atoms with E-state index < -0.39 is 5.97 Å². The van der Waals surface area contributed by atoms with E-state index >= 15 is 0 Å². The summed E-state index contributed by atoms with van der Waals surface area (Å²) in [4.78, 5) is 10.2. The molecule has 2 rings (SSSR count). The van der Waals surface area contributed by atoms with Gasteiger partial charge in [-0.15, -0.1) is 0 Å². The molecule has 0 aliphatic heterocycles. The third kappa shape index (κ3) is 4.30. The van der Waals surface area contributed by atoms with Crippen molar-refractivity contribution in [1.82, 2.24) is 0 Å². The molecule has 0 aromatic carbocycles. The van der Waals surface area contributed by atoms with E-state index in [1.165, 1.54) is 32.1 Å². The number of carboxylic acid groups (broad SMARTS) is 1. The minimum atomic E-state index is -0.609. The van der Waals surface area contributed by atoms with E-state index in [4.69, 9.17) is 5.11 Å². The minimum absolute atomic E-state index is 0.0185. The molecule has 0 radical (unpaired) electrons. The molecule has 0 atom stereocenters. The highest BCUT2D eigenvalue weighted by Gasteiger charge is 2.20. The van der Waals surface area contributed by atoms with Gasteiger partial charge in [-0.05, 0) is 12.8 Å². The molecule has 13 heavy (non-hydrogen) atoms. The fourth-order valence-corrected chi connectivity index (χ4v) is 2.06. The standard InChI is InChI=1S/C6H10O2.C5H10/c7-6(8)5-3-1-2-4-5;1-2-4-5-3-1/h5H,1-4H2,(H,7,8);1-5H2. The lowest BCUT2D eigenvalue weighted by molar-refractivity contribution is -0.141. The zero-order chi connectivity index (χ0) is 9.52. The van der Waals surface area contributed by atoms with Gasteiger partial charge in [-0.1, -0.05) is 44.9 Å². The van der Waals surface area contributed by atoms with Gasteiger partial charge >= 0.3 is 5.97 Å². The first-order valence-electron chi connectivity index (χ1n) is 5.53. The lowest BCUT2D eigenvalue weighted by atomic mass is 10.1. The predicted octanol–water partition coefficient (Wildman–Crippen LogP) is 3.21. The molecular formula is C11H20O2. The Bertz CT molecular complexity index is 137. The molecule has 0 saturated heterocycles. The lowest BCUT2D eigenvalue weighted by Gasteiger charge is -1.97. The lowest BCUT2D eigenvalue weighted by Crippen LogP contribution is -2.07. The average molecular weight is 184 g/mol. The molecule has 0 heterocycles. The van der Waals surface area contributed by atoms with E-state index in [0.29, 0.717) is 0 Å². The molecule has 0 amide bonds. The molecule has 0 unspecified atom stereocenters. The van der Waals surface area contributed by atoms with Crippen LogP contribution in [0.3, 0.4) is 0 Å². The molecule has 2 aliphatic rings. The van der Waals surface area contributed by atoms with Gasteiger partial charge in [0.15, 0.2) is 0 Å². The normalized spacial score (nSPS) is 22.5. The Morgan fingerprint density at radius 2 is 1.23 bits per heavy atom. The Morgan fingerprint density at radius 3 is 1.46 bits per heavy atom. The largest absolute Gasteiger partial charge is 0.481 e. The number of aliphatic carboxylic acids is 1. The van der Waals surface area contributed by atoms with Crippen molar-refractivity contribution in [1.29, 1.82) is 0 Å². The van der Waals surface area contributed by atoms with Crippen molar-refractivity contribution >= 4 is 5.97 Å². The van der Waals surface area contributed by atoms with Crippen molar-refractivity contribution < 1.29 is 9.90 Å². The van der Waals surface area contributed by atoms with Crippen LogP contribution in [0.4, 0.5) is 0 Å². The van der Waals surface area contributed by atoms with Crippen LogP contribution >= 0.6 is 0 Å². The maximum atomic E-state index is 10.2. The number of hydrogen-bond acceptors (Lipinski definition) is 1. The summed E-state index contributed by atoms with van der Waals surface area (Å²) in [7, 11) is 0. The van der Waals surface area contributed by atoms with Crippen molar-refractivity contribution in [3.63, 3.8) is 0 Å². The molecule has 0 spiro atoms. The van der Waals surface area contributed by atoms with Gasteiger partial charge in [0.2, 0.25) is 0 Å². The summed E-state index contributed by atoms with van der Waals surface area (Å²) in [5, 5.41) is 8.41. The van der Waals surface area contributed by atoms with E-state index in [0.717, 1.165) is 25.7 Å². The molecule has 2 aliphatic carbocycles. The predicted molar refractivity (Wildman–Crippen MR) is 52.7 cm³/mol. The van der Waals surface area contributed by atoms with E-state index in [1.54, 1.807) is 0 Å². The maximum absolute atomic E-state index is 10.2. The van der Waals surface area contributed by atoms with E-state index in [2.05, 4.69) is 0 Å². The molecule has 0 bridgehead atoms. The van der Waals surface area contributed by atoms with Gasteiger partial charge in [0, 0.05) is 0 Å². The van der Waals surface area contributed by atoms with Crippen LogP contribution < -0.4 is 0 Å². The summed E-state index contributed by atoms with van der Waals surface area (Å²) < 4.78 is 0. The number of carbonyl (C=O) groups is 1. The summed E-state index contributed by atoms with van der Waals surface area (Å²) in [5.74, 6) is -0.627. The van der Waals surface area contributed by atoms with Crippen molar-refractivity contribution in [2.75, 3.05) is 0 Å². The molecule has 2 nitrogen and oxygen atoms in total. The SMILES string of the molecule is C1CCCC1.O=C(O)C1CCCC1. The average Bonchev–Trinajstić information content (AvgIpc) is 2.82. The third-order valence-electron chi connectivity index (χ3n) is 2.95. The zero-order valence-corrected chi connectivity index (χ0v) is 8.30. The second-order valence-electron chi connectivity index (χ2n) is 4.09. The fourth-order valence-electron chi connectivity index (χ4n) is 2.06. The zero-order valence-electron chi connectivity index (χ0n) is 8.30. The third-order valence-corrected chi connectivity index (χ3v) is 2.95. The number of carboxylic acids is 1. The van der Waals surface area contributed by atoms with Crippen molar-refractivity contribution in [3.05, 3.63) is 0 Å². The highest BCUT2D eigenvalue weighted by atomic mass is 16.4. The fraction of sp³-hybridized carbons (Fsp3) is 0.909. The summed E-state index contributed by atoms with van der Waals surface area (Å²) >= 11 is 0. The molecule has 2 heteroatoms. The van der Waals surface area contributed by atoms with E-state index in [1.807, 2.05) is 0 Å². The van der Waals surface area contributed by atoms with Crippen LogP contribution in [-0.4, -0.2) is 11.1 Å². The van der Waals surface area contributed by atoms with Crippen LogP contribution in [0.1, 0.15) is 57.8 Å². The Hall–Kier alpha value is -0.530. The molecule has 76 valence electrons. The monoisotopic (exact) mass is 184 g/mol. The van der Waals surface area contributed by atoms with Crippen LogP contribution in [0.5, 0.6) is 0 Å². The molecular weight excluding hydrogens is 164 g/mol. The summed E-state index contributed by atoms with van der Waals surface area (Å²) in [6.45, 7) is 0. The summed E-state index contributed by atoms with van der Waals surface area (Å²) in [6.07, 6.45) is 11.5. The van der Waals surface area contributed by atoms with Gasteiger partial charge in [-0.3, -0.25) is 4.79 Å². The van der Waals surface area contributed by atoms with Crippen LogP contribution in [-0.2, 0) is 4.79 Å². The summed E-state index contributed by atoms with van der Waals surface area (Å²) in [5.41, 5.74) is 0. The van der Waals surface area contributed by atoms with E-state index in [9.17, 15) is 4.79 Å². The highest BCUT2D eigenvalue weighted by Crippen LogP contribution is 2.24. The second-order valence-corrected chi connectivity index (χ2v) is 4.09. The Kier molecular flexibility index (Phi) is 4.87. The first-order chi connectivity index (χ1) is 6.30. The molecule has 0 aromatic heterocycles. The molecule has 2 fully saturated rings. The first kappa shape index (κ1) is 10.6. The van der Waals surface area contributed by atoms with E-state index in [-0.39, 0.29) is 5.92 Å². The minimum Gasteiger partial charge on any atom is -0.481 e. The number of hydrogen-bond donors (Lipinski definition) is 1. The van der Waals surface area contributed by atoms with Gasteiger partial charge in [-0.25, -0.2) is 0 Å². The summed E-state index contributed by atoms with van der Waals surface area (Å²) in [6, 6.07) is 0. The van der Waals surface area contributed by atoms with Gasteiger partial charge in [-0.2, -0.15) is 0 Å². The molecule has 1 N–H and O–H groups in total. The van der Waals surface area contributed by atoms with Crippen molar-refractivity contribution in [2.45, 2.75) is 57.8 Å². The topological polar surface area (TPSA) is 37.3 Å². The van der Waals surface area contributed by atoms with Crippen LogP contribution in [0.2, 0.25) is 0 Å². The maximum Gasteiger partial charge on any atom is 0.306 e. The van der Waals surface area contributed by atoms with Gasteiger partial charge in [0.25, 0.3) is 0 Å². The Labute approximate surface area is 80.3 Å².